The summed E-state index contributed by atoms with van der Waals surface area (Å²) in [6.45, 7) is 6.61. The van der Waals surface area contributed by atoms with E-state index in [1.807, 2.05) is 7.05 Å². The molecule has 0 aliphatic heterocycles. The first-order chi connectivity index (χ1) is 7.87. The SMILES string of the molecule is CNC1(CC(=O)CCC(C)(C)C)CCCCC1. The molecule has 0 saturated heterocycles. The van der Waals surface area contributed by atoms with Crippen molar-refractivity contribution < 1.29 is 4.79 Å². The van der Waals surface area contributed by atoms with Crippen LogP contribution < -0.4 is 5.32 Å². The van der Waals surface area contributed by atoms with E-state index in [0.29, 0.717) is 5.78 Å². The van der Waals surface area contributed by atoms with E-state index in [4.69, 9.17) is 0 Å². The third-order valence-electron chi connectivity index (χ3n) is 4.03. The molecular weight excluding hydrogens is 210 g/mol. The van der Waals surface area contributed by atoms with Crippen molar-refractivity contribution in [3.8, 4) is 0 Å². The van der Waals surface area contributed by atoms with Crippen molar-refractivity contribution in [3.63, 3.8) is 0 Å². The smallest absolute Gasteiger partial charge is 0.134 e. The van der Waals surface area contributed by atoms with E-state index in [0.717, 1.165) is 19.3 Å². The van der Waals surface area contributed by atoms with E-state index in [2.05, 4.69) is 26.1 Å². The van der Waals surface area contributed by atoms with Crippen LogP contribution in [-0.4, -0.2) is 18.4 Å². The first-order valence-electron chi connectivity index (χ1n) is 7.08. The molecule has 0 atom stereocenters. The third-order valence-corrected chi connectivity index (χ3v) is 4.03. The predicted octanol–water partition coefficient (Wildman–Crippen LogP) is 3.69. The molecule has 0 aromatic heterocycles. The van der Waals surface area contributed by atoms with Crippen molar-refractivity contribution >= 4 is 5.78 Å². The van der Waals surface area contributed by atoms with Gasteiger partial charge in [-0.2, -0.15) is 0 Å². The van der Waals surface area contributed by atoms with Crippen LogP contribution in [0.3, 0.4) is 0 Å². The molecule has 0 spiro atoms. The Labute approximate surface area is 107 Å². The highest BCUT2D eigenvalue weighted by atomic mass is 16.1. The van der Waals surface area contributed by atoms with Gasteiger partial charge in [-0.1, -0.05) is 40.0 Å². The number of ketones is 1. The molecule has 1 saturated carbocycles. The van der Waals surface area contributed by atoms with Crippen LogP contribution in [0, 0.1) is 5.41 Å². The van der Waals surface area contributed by atoms with Gasteiger partial charge in [0, 0.05) is 18.4 Å². The van der Waals surface area contributed by atoms with Gasteiger partial charge in [-0.05, 0) is 31.7 Å². The Kier molecular flexibility index (Phi) is 5.18. The summed E-state index contributed by atoms with van der Waals surface area (Å²) >= 11 is 0. The minimum atomic E-state index is 0.118. The summed E-state index contributed by atoms with van der Waals surface area (Å²) in [5.41, 5.74) is 0.391. The van der Waals surface area contributed by atoms with Crippen LogP contribution >= 0.6 is 0 Å². The zero-order valence-electron chi connectivity index (χ0n) is 12.1. The van der Waals surface area contributed by atoms with Crippen molar-refractivity contribution in [1.82, 2.24) is 5.32 Å². The average molecular weight is 239 g/mol. The van der Waals surface area contributed by atoms with Gasteiger partial charge in [-0.25, -0.2) is 0 Å². The molecule has 1 rings (SSSR count). The molecular formula is C15H29NO. The lowest BCUT2D eigenvalue weighted by Crippen LogP contribution is -2.46. The topological polar surface area (TPSA) is 29.1 Å². The molecule has 0 bridgehead atoms. The average Bonchev–Trinajstić information content (AvgIpc) is 2.27. The summed E-state index contributed by atoms with van der Waals surface area (Å²) in [4.78, 5) is 12.1. The summed E-state index contributed by atoms with van der Waals surface area (Å²) in [7, 11) is 2.02. The Bertz CT molecular complexity index is 246. The molecule has 2 heteroatoms. The first-order valence-corrected chi connectivity index (χ1v) is 7.08. The van der Waals surface area contributed by atoms with E-state index in [9.17, 15) is 4.79 Å². The zero-order chi connectivity index (χ0) is 12.9. The van der Waals surface area contributed by atoms with Crippen LogP contribution in [0.2, 0.25) is 0 Å². The van der Waals surface area contributed by atoms with Crippen LogP contribution in [0.4, 0.5) is 0 Å². The molecule has 1 N–H and O–H groups in total. The van der Waals surface area contributed by atoms with Crippen molar-refractivity contribution in [2.75, 3.05) is 7.05 Å². The van der Waals surface area contributed by atoms with Crippen LogP contribution in [0.5, 0.6) is 0 Å². The lowest BCUT2D eigenvalue weighted by atomic mass is 9.77. The summed E-state index contributed by atoms with van der Waals surface area (Å²) in [6.07, 6.45) is 8.70. The van der Waals surface area contributed by atoms with E-state index < -0.39 is 0 Å². The molecule has 0 aromatic rings. The first kappa shape index (κ1) is 14.7. The van der Waals surface area contributed by atoms with Crippen molar-refractivity contribution in [2.45, 2.75) is 77.7 Å². The summed E-state index contributed by atoms with van der Waals surface area (Å²) in [5, 5.41) is 3.42. The quantitative estimate of drug-likeness (QED) is 0.792. The maximum atomic E-state index is 12.1. The standard InChI is InChI=1S/C15H29NO/c1-14(2,3)11-8-13(17)12-15(16-4)9-6-5-7-10-15/h16H,5-12H2,1-4H3. The van der Waals surface area contributed by atoms with E-state index in [1.165, 1.54) is 32.1 Å². The molecule has 1 fully saturated rings. The monoisotopic (exact) mass is 239 g/mol. The normalized spacial score (nSPS) is 20.2. The number of nitrogens with one attached hydrogen (secondary N) is 1. The van der Waals surface area contributed by atoms with Gasteiger partial charge in [0.05, 0.1) is 0 Å². The number of Topliss-reactive ketones (excluding diaryl/α,β-unsaturated/α-hetero) is 1. The molecule has 2 nitrogen and oxygen atoms in total. The number of hydrogen-bond donors (Lipinski definition) is 1. The summed E-state index contributed by atoms with van der Waals surface area (Å²) in [6, 6.07) is 0. The minimum Gasteiger partial charge on any atom is -0.314 e. The summed E-state index contributed by atoms with van der Waals surface area (Å²) < 4.78 is 0. The lowest BCUT2D eigenvalue weighted by molar-refractivity contribution is -0.121. The fourth-order valence-electron chi connectivity index (χ4n) is 2.72. The third kappa shape index (κ3) is 5.20. The van der Waals surface area contributed by atoms with Gasteiger partial charge in [-0.3, -0.25) is 4.79 Å². The highest BCUT2D eigenvalue weighted by Crippen LogP contribution is 2.32. The molecule has 1 aliphatic rings. The van der Waals surface area contributed by atoms with Gasteiger partial charge in [0.2, 0.25) is 0 Å². The van der Waals surface area contributed by atoms with E-state index >= 15 is 0 Å². The maximum Gasteiger partial charge on any atom is 0.134 e. The van der Waals surface area contributed by atoms with E-state index in [1.54, 1.807) is 0 Å². The second kappa shape index (κ2) is 5.99. The molecule has 1 aliphatic carbocycles. The number of carbonyl (C=O) groups is 1. The maximum absolute atomic E-state index is 12.1. The van der Waals surface area contributed by atoms with Crippen molar-refractivity contribution in [3.05, 3.63) is 0 Å². The number of carbonyl (C=O) groups excluding carboxylic acids is 1. The van der Waals surface area contributed by atoms with Gasteiger partial charge < -0.3 is 5.32 Å². The lowest BCUT2D eigenvalue weighted by Gasteiger charge is -2.37. The fourth-order valence-corrected chi connectivity index (χ4v) is 2.72. The Balaban J connectivity index is 2.42. The number of rotatable bonds is 5. The second-order valence-electron chi connectivity index (χ2n) is 6.87. The Hall–Kier alpha value is -0.370. The summed E-state index contributed by atoms with van der Waals surface area (Å²) in [5.74, 6) is 0.441. The van der Waals surface area contributed by atoms with Gasteiger partial charge >= 0.3 is 0 Å². The molecule has 0 unspecified atom stereocenters. The van der Waals surface area contributed by atoms with Crippen molar-refractivity contribution in [2.24, 2.45) is 5.41 Å². The predicted molar refractivity (Wildman–Crippen MR) is 73.2 cm³/mol. The molecule has 100 valence electrons. The van der Waals surface area contributed by atoms with Crippen molar-refractivity contribution in [1.29, 1.82) is 0 Å². The zero-order valence-corrected chi connectivity index (χ0v) is 12.1. The highest BCUT2D eigenvalue weighted by molar-refractivity contribution is 5.79. The van der Waals surface area contributed by atoms with Gasteiger partial charge in [0.1, 0.15) is 5.78 Å². The largest absolute Gasteiger partial charge is 0.314 e. The Morgan fingerprint density at radius 3 is 2.24 bits per heavy atom. The van der Waals surface area contributed by atoms with Crippen LogP contribution in [-0.2, 0) is 4.79 Å². The molecule has 17 heavy (non-hydrogen) atoms. The van der Waals surface area contributed by atoms with Gasteiger partial charge in [0.15, 0.2) is 0 Å². The van der Waals surface area contributed by atoms with Gasteiger partial charge in [-0.15, -0.1) is 0 Å². The second-order valence-corrected chi connectivity index (χ2v) is 6.87. The Morgan fingerprint density at radius 2 is 1.76 bits per heavy atom. The molecule has 0 radical (unpaired) electrons. The van der Waals surface area contributed by atoms with Crippen LogP contribution in [0.1, 0.15) is 72.1 Å². The fraction of sp³-hybridized carbons (Fsp3) is 0.933. The Morgan fingerprint density at radius 1 is 1.18 bits per heavy atom. The molecule has 0 aromatic carbocycles. The van der Waals surface area contributed by atoms with Gasteiger partial charge in [0.25, 0.3) is 0 Å². The van der Waals surface area contributed by atoms with Crippen LogP contribution in [0.15, 0.2) is 0 Å². The van der Waals surface area contributed by atoms with E-state index in [-0.39, 0.29) is 11.0 Å². The molecule has 0 heterocycles. The number of hydrogen-bond acceptors (Lipinski definition) is 2. The van der Waals surface area contributed by atoms with Crippen LogP contribution in [0.25, 0.3) is 0 Å². The highest BCUT2D eigenvalue weighted by Gasteiger charge is 2.32. The molecule has 0 amide bonds. The minimum absolute atomic E-state index is 0.118.